The van der Waals surface area contributed by atoms with Crippen LogP contribution in [0.25, 0.3) is 0 Å². The molecule has 1 amide bonds. The van der Waals surface area contributed by atoms with Crippen LogP contribution in [0.1, 0.15) is 29.8 Å². The molecular weight excluding hydrogens is 279 g/mol. The molecule has 1 aromatic carbocycles. The summed E-state index contributed by atoms with van der Waals surface area (Å²) in [5.41, 5.74) is -0.982. The Morgan fingerprint density at radius 1 is 1.48 bits per heavy atom. The summed E-state index contributed by atoms with van der Waals surface area (Å²) >= 11 is 0. The van der Waals surface area contributed by atoms with Crippen LogP contribution in [0.5, 0.6) is 0 Å². The molecule has 6 nitrogen and oxygen atoms in total. The molecule has 1 aliphatic heterocycles. The first-order valence-electron chi connectivity index (χ1n) is 6.59. The fraction of sp³-hybridized carbons (Fsp3) is 0.500. The van der Waals surface area contributed by atoms with Crippen molar-refractivity contribution in [1.29, 1.82) is 0 Å². The number of nitro groups is 1. The minimum Gasteiger partial charge on any atom is -0.372 e. The molecule has 0 aromatic heterocycles. The standard InChI is InChI=1S/C14H17FN2O4/c1-9-6-10(17(19)20)7-11(12(9)15)13(18)16-4-5-21-14(2,3)8-16/h6-7H,4-5,8H2,1-3H3. The topological polar surface area (TPSA) is 72.7 Å². The lowest BCUT2D eigenvalue weighted by Gasteiger charge is -2.38. The summed E-state index contributed by atoms with van der Waals surface area (Å²) < 4.78 is 19.6. The molecular formula is C14H17FN2O4. The number of amides is 1. The van der Waals surface area contributed by atoms with Crippen LogP contribution < -0.4 is 0 Å². The average Bonchev–Trinajstić information content (AvgIpc) is 2.39. The molecule has 1 aliphatic rings. The Bertz CT molecular complexity index is 601. The Balaban J connectivity index is 2.36. The van der Waals surface area contributed by atoms with Crippen molar-refractivity contribution in [3.8, 4) is 0 Å². The summed E-state index contributed by atoms with van der Waals surface area (Å²) in [5.74, 6) is -1.26. The van der Waals surface area contributed by atoms with Gasteiger partial charge in [0, 0.05) is 25.2 Å². The lowest BCUT2D eigenvalue weighted by molar-refractivity contribution is -0.385. The molecule has 114 valence electrons. The third-order valence-corrected chi connectivity index (χ3v) is 3.39. The summed E-state index contributed by atoms with van der Waals surface area (Å²) in [6, 6.07) is 2.11. The molecule has 1 heterocycles. The van der Waals surface area contributed by atoms with E-state index in [0.717, 1.165) is 12.1 Å². The van der Waals surface area contributed by atoms with E-state index < -0.39 is 22.2 Å². The monoisotopic (exact) mass is 296 g/mol. The van der Waals surface area contributed by atoms with Crippen LogP contribution >= 0.6 is 0 Å². The highest BCUT2D eigenvalue weighted by Gasteiger charge is 2.32. The molecule has 0 bridgehead atoms. The highest BCUT2D eigenvalue weighted by Crippen LogP contribution is 2.24. The fourth-order valence-corrected chi connectivity index (χ4v) is 2.37. The molecule has 7 heteroatoms. The smallest absolute Gasteiger partial charge is 0.270 e. The van der Waals surface area contributed by atoms with E-state index in [2.05, 4.69) is 0 Å². The van der Waals surface area contributed by atoms with Gasteiger partial charge in [0.15, 0.2) is 0 Å². The van der Waals surface area contributed by atoms with Crippen molar-refractivity contribution in [3.63, 3.8) is 0 Å². The zero-order chi connectivity index (χ0) is 15.8. The van der Waals surface area contributed by atoms with Crippen molar-refractivity contribution in [3.05, 3.63) is 39.2 Å². The number of nitro benzene ring substituents is 1. The number of non-ortho nitro benzene ring substituents is 1. The quantitative estimate of drug-likeness (QED) is 0.620. The number of rotatable bonds is 2. The van der Waals surface area contributed by atoms with Gasteiger partial charge in [-0.1, -0.05) is 0 Å². The van der Waals surface area contributed by atoms with Crippen LogP contribution in [0.3, 0.4) is 0 Å². The Kier molecular flexibility index (Phi) is 3.95. The normalized spacial score (nSPS) is 17.6. The van der Waals surface area contributed by atoms with E-state index in [4.69, 9.17) is 4.74 Å². The molecule has 1 fully saturated rings. The highest BCUT2D eigenvalue weighted by molar-refractivity contribution is 5.95. The van der Waals surface area contributed by atoms with E-state index in [-0.39, 0.29) is 16.8 Å². The van der Waals surface area contributed by atoms with Gasteiger partial charge in [-0.2, -0.15) is 0 Å². The van der Waals surface area contributed by atoms with Crippen molar-refractivity contribution in [2.75, 3.05) is 19.7 Å². The van der Waals surface area contributed by atoms with Crippen LogP contribution in [0.4, 0.5) is 10.1 Å². The second-order valence-corrected chi connectivity index (χ2v) is 5.72. The Morgan fingerprint density at radius 3 is 2.71 bits per heavy atom. The van der Waals surface area contributed by atoms with Gasteiger partial charge < -0.3 is 9.64 Å². The molecule has 2 rings (SSSR count). The van der Waals surface area contributed by atoms with Crippen molar-refractivity contribution < 1.29 is 18.8 Å². The second kappa shape index (κ2) is 5.40. The van der Waals surface area contributed by atoms with Gasteiger partial charge in [0.25, 0.3) is 11.6 Å². The summed E-state index contributed by atoms with van der Waals surface area (Å²) in [7, 11) is 0. The number of hydrogen-bond donors (Lipinski definition) is 0. The lowest BCUT2D eigenvalue weighted by atomic mass is 10.0. The number of carbonyl (C=O) groups excluding carboxylic acids is 1. The van der Waals surface area contributed by atoms with E-state index in [1.165, 1.54) is 11.8 Å². The van der Waals surface area contributed by atoms with Gasteiger partial charge in [-0.15, -0.1) is 0 Å². The number of aryl methyl sites for hydroxylation is 1. The third kappa shape index (κ3) is 3.18. The molecule has 0 spiro atoms. The average molecular weight is 296 g/mol. The fourth-order valence-electron chi connectivity index (χ4n) is 2.37. The summed E-state index contributed by atoms with van der Waals surface area (Å²) in [6.45, 7) is 6.08. The van der Waals surface area contributed by atoms with Crippen LogP contribution in [-0.2, 0) is 4.74 Å². The van der Waals surface area contributed by atoms with Crippen LogP contribution in [0.2, 0.25) is 0 Å². The van der Waals surface area contributed by atoms with E-state index in [1.807, 2.05) is 13.8 Å². The summed E-state index contributed by atoms with van der Waals surface area (Å²) in [4.78, 5) is 24.1. The van der Waals surface area contributed by atoms with Crippen LogP contribution in [0, 0.1) is 22.9 Å². The largest absolute Gasteiger partial charge is 0.372 e. The molecule has 0 radical (unpaired) electrons. The van der Waals surface area contributed by atoms with Gasteiger partial charge >= 0.3 is 0 Å². The molecule has 21 heavy (non-hydrogen) atoms. The van der Waals surface area contributed by atoms with Gasteiger partial charge in [0.2, 0.25) is 0 Å². The minimum atomic E-state index is -0.713. The zero-order valence-corrected chi connectivity index (χ0v) is 12.2. The SMILES string of the molecule is Cc1cc([N+](=O)[O-])cc(C(=O)N2CCOC(C)(C)C2)c1F. The van der Waals surface area contributed by atoms with Gasteiger partial charge in [0.05, 0.1) is 22.7 Å². The summed E-state index contributed by atoms with van der Waals surface area (Å²) in [6.07, 6.45) is 0. The minimum absolute atomic E-state index is 0.0834. The lowest BCUT2D eigenvalue weighted by Crippen LogP contribution is -2.50. The molecule has 0 aliphatic carbocycles. The van der Waals surface area contributed by atoms with Crippen LogP contribution in [-0.4, -0.2) is 41.0 Å². The van der Waals surface area contributed by atoms with Crippen molar-refractivity contribution in [2.24, 2.45) is 0 Å². The first-order chi connectivity index (χ1) is 9.71. The molecule has 0 unspecified atom stereocenters. The molecule has 1 aromatic rings. The Labute approximate surface area is 121 Å². The highest BCUT2D eigenvalue weighted by atomic mass is 19.1. The maximum absolute atomic E-state index is 14.1. The number of carbonyl (C=O) groups is 1. The number of morpholine rings is 1. The van der Waals surface area contributed by atoms with Crippen molar-refractivity contribution >= 4 is 11.6 Å². The van der Waals surface area contributed by atoms with E-state index in [1.54, 1.807) is 0 Å². The van der Waals surface area contributed by atoms with Crippen molar-refractivity contribution in [1.82, 2.24) is 4.90 Å². The number of benzene rings is 1. The number of nitrogens with zero attached hydrogens (tertiary/aromatic N) is 2. The molecule has 0 N–H and O–H groups in total. The predicted octanol–water partition coefficient (Wildman–Crippen LogP) is 2.29. The molecule has 0 atom stereocenters. The first-order valence-corrected chi connectivity index (χ1v) is 6.59. The predicted molar refractivity (Wildman–Crippen MR) is 73.7 cm³/mol. The van der Waals surface area contributed by atoms with E-state index in [9.17, 15) is 19.3 Å². The maximum Gasteiger partial charge on any atom is 0.270 e. The van der Waals surface area contributed by atoms with Gasteiger partial charge in [0.1, 0.15) is 5.82 Å². The van der Waals surface area contributed by atoms with Gasteiger partial charge in [-0.3, -0.25) is 14.9 Å². The summed E-state index contributed by atoms with van der Waals surface area (Å²) in [5, 5.41) is 10.9. The van der Waals surface area contributed by atoms with Crippen LogP contribution in [0.15, 0.2) is 12.1 Å². The Morgan fingerprint density at radius 2 is 2.14 bits per heavy atom. The third-order valence-electron chi connectivity index (χ3n) is 3.39. The van der Waals surface area contributed by atoms with Crippen molar-refractivity contribution in [2.45, 2.75) is 26.4 Å². The maximum atomic E-state index is 14.1. The second-order valence-electron chi connectivity index (χ2n) is 5.72. The number of ether oxygens (including phenoxy) is 1. The van der Waals surface area contributed by atoms with Gasteiger partial charge in [-0.25, -0.2) is 4.39 Å². The first kappa shape index (κ1) is 15.4. The van der Waals surface area contributed by atoms with E-state index in [0.29, 0.717) is 19.7 Å². The zero-order valence-electron chi connectivity index (χ0n) is 12.2. The molecule has 0 saturated carbocycles. The Hall–Kier alpha value is -2.02. The number of hydrogen-bond acceptors (Lipinski definition) is 4. The number of halogens is 1. The van der Waals surface area contributed by atoms with E-state index >= 15 is 0 Å². The van der Waals surface area contributed by atoms with Gasteiger partial charge in [-0.05, 0) is 26.3 Å². The molecule has 1 saturated heterocycles.